The second kappa shape index (κ2) is 11.6. The van der Waals surface area contributed by atoms with Crippen molar-refractivity contribution in [3.63, 3.8) is 0 Å². The number of para-hydroxylation sites is 1. The SMILES string of the molecule is COc1cc([C@H]2C3=CCn4c(=O)n(-c5ccccc5)c(=O)n4[C@@H]3C[C@H]3C(=O)N(c4cccc(Cl)c4)C(=O)[C@@]23c2ccccc2)cc(I)c1O. The summed E-state index contributed by atoms with van der Waals surface area (Å²) in [6.07, 6.45) is 1.97. The van der Waals surface area contributed by atoms with Crippen LogP contribution in [0.25, 0.3) is 5.69 Å². The summed E-state index contributed by atoms with van der Waals surface area (Å²) in [4.78, 5) is 59.5. The zero-order valence-electron chi connectivity index (χ0n) is 26.0. The summed E-state index contributed by atoms with van der Waals surface area (Å²) in [5.41, 5.74) is 0.210. The van der Waals surface area contributed by atoms with Crippen LogP contribution in [0, 0.1) is 9.49 Å². The third-order valence-electron chi connectivity index (χ3n) is 10.0. The molecule has 49 heavy (non-hydrogen) atoms. The predicted molar refractivity (Wildman–Crippen MR) is 192 cm³/mol. The maximum Gasteiger partial charge on any atom is 0.352 e. The van der Waals surface area contributed by atoms with Gasteiger partial charge >= 0.3 is 11.4 Å². The molecule has 2 fully saturated rings. The van der Waals surface area contributed by atoms with Gasteiger partial charge in [-0.05, 0) is 88.2 Å². The Balaban J connectivity index is 1.44. The fourth-order valence-corrected chi connectivity index (χ4v) is 8.90. The van der Waals surface area contributed by atoms with Gasteiger partial charge < -0.3 is 9.84 Å². The van der Waals surface area contributed by atoms with Gasteiger partial charge in [-0.25, -0.2) is 28.4 Å². The lowest BCUT2D eigenvalue weighted by Crippen LogP contribution is -2.53. The first-order valence-corrected chi connectivity index (χ1v) is 17.1. The normalized spacial score (nSPS) is 22.7. The van der Waals surface area contributed by atoms with Gasteiger partial charge in [0.2, 0.25) is 11.8 Å². The van der Waals surface area contributed by atoms with Crippen LogP contribution in [0.4, 0.5) is 5.69 Å². The number of methoxy groups -OCH3 is 1. The lowest BCUT2D eigenvalue weighted by atomic mass is 9.53. The summed E-state index contributed by atoms with van der Waals surface area (Å²) in [7, 11) is 1.45. The van der Waals surface area contributed by atoms with Gasteiger partial charge in [0.05, 0.1) is 46.0 Å². The van der Waals surface area contributed by atoms with Crippen molar-refractivity contribution in [3.8, 4) is 17.2 Å². The van der Waals surface area contributed by atoms with Gasteiger partial charge in [0.25, 0.3) is 0 Å². The molecule has 2 amide bonds. The molecule has 0 bridgehead atoms. The summed E-state index contributed by atoms with van der Waals surface area (Å²) in [6, 6.07) is 27.3. The maximum atomic E-state index is 15.3. The third kappa shape index (κ3) is 4.44. The Kier molecular flexibility index (Phi) is 7.45. The van der Waals surface area contributed by atoms with Crippen molar-refractivity contribution in [1.82, 2.24) is 13.9 Å². The lowest BCUT2D eigenvalue weighted by Gasteiger charge is -2.49. The molecular weight excluding hydrogens is 759 g/mol. The highest BCUT2D eigenvalue weighted by molar-refractivity contribution is 14.1. The van der Waals surface area contributed by atoms with Gasteiger partial charge in [-0.1, -0.05) is 72.3 Å². The average Bonchev–Trinajstić information content (AvgIpc) is 3.50. The van der Waals surface area contributed by atoms with E-state index in [1.54, 1.807) is 66.7 Å². The zero-order valence-corrected chi connectivity index (χ0v) is 28.9. The van der Waals surface area contributed by atoms with E-state index in [2.05, 4.69) is 0 Å². The highest BCUT2D eigenvalue weighted by Crippen LogP contribution is 2.62. The van der Waals surface area contributed by atoms with E-state index in [-0.39, 0.29) is 24.5 Å². The number of anilines is 1. The fourth-order valence-electron chi connectivity index (χ4n) is 8.09. The number of fused-ring (bicyclic) bond motifs is 4. The van der Waals surface area contributed by atoms with E-state index < -0.39 is 46.5 Å². The second-order valence-corrected chi connectivity index (χ2v) is 13.9. The Hall–Kier alpha value is -4.88. The molecule has 1 saturated carbocycles. The van der Waals surface area contributed by atoms with E-state index >= 15 is 4.79 Å². The smallest absolute Gasteiger partial charge is 0.352 e. The van der Waals surface area contributed by atoms with Crippen LogP contribution < -0.4 is 21.0 Å². The molecule has 3 aliphatic rings. The van der Waals surface area contributed by atoms with Crippen LogP contribution in [-0.2, 0) is 21.5 Å². The first kappa shape index (κ1) is 31.4. The van der Waals surface area contributed by atoms with Crippen LogP contribution in [0.3, 0.4) is 0 Å². The number of phenols is 1. The number of benzene rings is 4. The van der Waals surface area contributed by atoms with E-state index in [0.29, 0.717) is 36.7 Å². The highest BCUT2D eigenvalue weighted by atomic mass is 127. The number of allylic oxidation sites excluding steroid dienone is 2. The standard InChI is InChI=1S/C37H28ClIN4O6/c1-49-30-18-21(17-28(39)32(30)44)31-26-15-16-40-35(47)42(24-12-6-3-7-13-24)36(48)43(40)29(26)20-27-33(45)41(25-14-8-11-23(38)19-25)34(46)37(27,31)22-9-4-2-5-10-22/h2-15,17-19,27,29,31,44H,16,20H2,1H3/t27-,29+,31-,37+/m0/s1. The summed E-state index contributed by atoms with van der Waals surface area (Å²) in [5.74, 6) is -2.48. The number of hydrogen-bond donors (Lipinski definition) is 1. The van der Waals surface area contributed by atoms with Crippen molar-refractivity contribution < 1.29 is 19.4 Å². The number of halogens is 2. The molecule has 1 aromatic heterocycles. The van der Waals surface area contributed by atoms with E-state index in [1.165, 1.54) is 21.4 Å². The van der Waals surface area contributed by atoms with Crippen molar-refractivity contribution in [2.45, 2.75) is 30.3 Å². The quantitative estimate of drug-likeness (QED) is 0.142. The molecule has 1 N–H and O–H groups in total. The van der Waals surface area contributed by atoms with Crippen molar-refractivity contribution >= 4 is 51.7 Å². The Morgan fingerprint density at radius 2 is 1.57 bits per heavy atom. The van der Waals surface area contributed by atoms with Gasteiger partial charge in [-0.3, -0.25) is 9.59 Å². The molecule has 0 unspecified atom stereocenters. The van der Waals surface area contributed by atoms with E-state index in [4.69, 9.17) is 16.3 Å². The number of hydrogen-bond acceptors (Lipinski definition) is 6. The number of rotatable bonds is 5. The number of nitrogens with zero attached hydrogens (tertiary/aromatic N) is 4. The van der Waals surface area contributed by atoms with Gasteiger partial charge in [0.1, 0.15) is 0 Å². The minimum absolute atomic E-state index is 0.0541. The van der Waals surface area contributed by atoms with Crippen molar-refractivity contribution in [2.75, 3.05) is 12.0 Å². The number of carbonyl (C=O) groups is 2. The maximum absolute atomic E-state index is 15.3. The Bertz CT molecular complexity index is 2330. The van der Waals surface area contributed by atoms with Crippen LogP contribution in [0.15, 0.2) is 118 Å². The fraction of sp³-hybridized carbons (Fsp3) is 0.189. The van der Waals surface area contributed by atoms with Crippen LogP contribution in [0.5, 0.6) is 11.5 Å². The Labute approximate surface area is 298 Å². The van der Waals surface area contributed by atoms with Crippen LogP contribution in [-0.4, -0.2) is 38.0 Å². The molecule has 5 aromatic rings. The zero-order chi connectivity index (χ0) is 34.2. The molecule has 8 rings (SSSR count). The number of ether oxygens (including phenoxy) is 1. The first-order chi connectivity index (χ1) is 23.7. The molecule has 1 aliphatic carbocycles. The molecule has 0 radical (unpaired) electrons. The molecule has 1 saturated heterocycles. The topological polar surface area (TPSA) is 116 Å². The van der Waals surface area contributed by atoms with Crippen molar-refractivity contribution in [3.05, 3.63) is 149 Å². The number of aromatic hydroxyl groups is 1. The van der Waals surface area contributed by atoms with Crippen molar-refractivity contribution in [2.24, 2.45) is 5.92 Å². The molecule has 10 nitrogen and oxygen atoms in total. The van der Waals surface area contributed by atoms with Gasteiger partial charge in [0.15, 0.2) is 11.5 Å². The summed E-state index contributed by atoms with van der Waals surface area (Å²) < 4.78 is 10.0. The first-order valence-electron chi connectivity index (χ1n) is 15.6. The lowest BCUT2D eigenvalue weighted by molar-refractivity contribution is -0.124. The molecule has 0 spiro atoms. The molecule has 4 aromatic carbocycles. The number of phenolic OH excluding ortho intramolecular Hbond substituents is 1. The van der Waals surface area contributed by atoms with Gasteiger partial charge in [0, 0.05) is 10.9 Å². The predicted octanol–water partition coefficient (Wildman–Crippen LogP) is 5.57. The molecule has 246 valence electrons. The molecule has 3 heterocycles. The summed E-state index contributed by atoms with van der Waals surface area (Å²) in [5, 5.41) is 11.2. The van der Waals surface area contributed by atoms with E-state index in [9.17, 15) is 19.5 Å². The average molecular weight is 787 g/mol. The largest absolute Gasteiger partial charge is 0.504 e. The molecule has 2 aliphatic heterocycles. The number of carbonyl (C=O) groups excluding carboxylic acids is 2. The molecule has 12 heteroatoms. The Morgan fingerprint density at radius 1 is 0.878 bits per heavy atom. The summed E-state index contributed by atoms with van der Waals surface area (Å²) >= 11 is 8.40. The van der Waals surface area contributed by atoms with Crippen LogP contribution in [0.2, 0.25) is 5.02 Å². The number of amides is 2. The Morgan fingerprint density at radius 3 is 2.27 bits per heavy atom. The van der Waals surface area contributed by atoms with E-state index in [0.717, 1.165) is 4.57 Å². The second-order valence-electron chi connectivity index (χ2n) is 12.4. The van der Waals surface area contributed by atoms with Gasteiger partial charge in [-0.15, -0.1) is 0 Å². The number of imide groups is 1. The minimum atomic E-state index is -1.47. The summed E-state index contributed by atoms with van der Waals surface area (Å²) in [6.45, 7) is 0.0677. The van der Waals surface area contributed by atoms with Crippen LogP contribution in [0.1, 0.15) is 29.5 Å². The third-order valence-corrected chi connectivity index (χ3v) is 11.1. The van der Waals surface area contributed by atoms with E-state index in [1.807, 2.05) is 59.0 Å². The van der Waals surface area contributed by atoms with Crippen LogP contribution >= 0.6 is 34.2 Å². The number of aromatic nitrogens is 3. The molecule has 4 atom stereocenters. The molecular formula is C37H28ClIN4O6. The van der Waals surface area contributed by atoms with Crippen molar-refractivity contribution in [1.29, 1.82) is 0 Å². The van der Waals surface area contributed by atoms with Gasteiger partial charge in [-0.2, -0.15) is 0 Å². The highest BCUT2D eigenvalue weighted by Gasteiger charge is 2.68. The monoisotopic (exact) mass is 786 g/mol. The minimum Gasteiger partial charge on any atom is -0.504 e.